The fraction of sp³-hybridized carbons (Fsp3) is 0.400. The van der Waals surface area contributed by atoms with Gasteiger partial charge in [-0.1, -0.05) is 6.92 Å². The highest BCUT2D eigenvalue weighted by Gasteiger charge is 2.21. The van der Waals surface area contributed by atoms with Crippen LogP contribution in [-0.4, -0.2) is 23.3 Å². The summed E-state index contributed by atoms with van der Waals surface area (Å²) in [5.74, 6) is 1.88. The van der Waals surface area contributed by atoms with Crippen molar-refractivity contribution in [1.82, 2.24) is 10.2 Å². The second-order valence-corrected chi connectivity index (χ2v) is 4.97. The number of nitrogens with zero attached hydrogens (tertiary/aromatic N) is 1. The van der Waals surface area contributed by atoms with Crippen molar-refractivity contribution in [3.63, 3.8) is 0 Å². The van der Waals surface area contributed by atoms with Crippen LogP contribution in [0.3, 0.4) is 0 Å². The molecule has 0 saturated heterocycles. The molecule has 1 fully saturated rings. The Morgan fingerprint density at radius 2 is 2.21 bits per heavy atom. The van der Waals surface area contributed by atoms with Crippen LogP contribution in [0.25, 0.3) is 11.3 Å². The average molecular weight is 257 g/mol. The summed E-state index contributed by atoms with van der Waals surface area (Å²) in [6.45, 7) is 2.13. The number of benzene rings is 1. The maximum absolute atomic E-state index is 5.36. The molecule has 4 nitrogen and oxygen atoms in total. The molecule has 0 radical (unpaired) electrons. The monoisotopic (exact) mass is 257 g/mol. The van der Waals surface area contributed by atoms with E-state index in [0.717, 1.165) is 29.2 Å². The van der Waals surface area contributed by atoms with Gasteiger partial charge in [0.15, 0.2) is 0 Å². The molecule has 0 aliphatic heterocycles. The molecule has 2 N–H and O–H groups in total. The number of rotatable bonds is 5. The number of anilines is 1. The highest BCUT2D eigenvalue weighted by atomic mass is 16.5. The molecule has 0 bridgehead atoms. The molecule has 0 atom stereocenters. The van der Waals surface area contributed by atoms with E-state index in [-0.39, 0.29) is 0 Å². The van der Waals surface area contributed by atoms with Crippen LogP contribution in [0.4, 0.5) is 5.82 Å². The van der Waals surface area contributed by atoms with Crippen molar-refractivity contribution in [1.29, 1.82) is 0 Å². The van der Waals surface area contributed by atoms with Gasteiger partial charge >= 0.3 is 0 Å². The van der Waals surface area contributed by atoms with E-state index < -0.39 is 0 Å². The predicted octanol–water partition coefficient (Wildman–Crippen LogP) is 3.22. The largest absolute Gasteiger partial charge is 0.496 e. The highest BCUT2D eigenvalue weighted by Crippen LogP contribution is 2.29. The molecular weight excluding hydrogens is 238 g/mol. The minimum absolute atomic E-state index is 0.623. The third-order valence-electron chi connectivity index (χ3n) is 3.48. The van der Waals surface area contributed by atoms with E-state index in [2.05, 4.69) is 40.6 Å². The van der Waals surface area contributed by atoms with E-state index in [1.165, 1.54) is 18.4 Å². The summed E-state index contributed by atoms with van der Waals surface area (Å²) in [6.07, 6.45) is 3.47. The third kappa shape index (κ3) is 2.57. The van der Waals surface area contributed by atoms with E-state index in [0.29, 0.717) is 6.04 Å². The molecular formula is C15H19N3O. The fourth-order valence-electron chi connectivity index (χ4n) is 2.20. The molecule has 1 aliphatic carbocycles. The summed E-state index contributed by atoms with van der Waals surface area (Å²) < 4.78 is 5.36. The molecule has 2 aromatic rings. The number of aryl methyl sites for hydroxylation is 1. The molecule has 0 unspecified atom stereocenters. The van der Waals surface area contributed by atoms with Crippen molar-refractivity contribution < 1.29 is 4.74 Å². The van der Waals surface area contributed by atoms with Crippen molar-refractivity contribution in [2.24, 2.45) is 0 Å². The molecule has 1 aromatic heterocycles. The SMILES string of the molecule is CCc1cc(-c2cc(NC3CC3)n[nH]2)ccc1OC. The van der Waals surface area contributed by atoms with Crippen LogP contribution < -0.4 is 10.1 Å². The summed E-state index contributed by atoms with van der Waals surface area (Å²) >= 11 is 0. The Balaban J connectivity index is 1.85. The standard InChI is InChI=1S/C15H19N3O/c1-3-10-8-11(4-7-14(10)19-2)13-9-15(18-17-13)16-12-5-6-12/h4,7-9,12H,3,5-6H2,1-2H3,(H2,16,17,18). The number of methoxy groups -OCH3 is 1. The Bertz CT molecular complexity index is 573. The van der Waals surface area contributed by atoms with Gasteiger partial charge in [-0.15, -0.1) is 0 Å². The topological polar surface area (TPSA) is 49.9 Å². The van der Waals surface area contributed by atoms with E-state index in [4.69, 9.17) is 4.74 Å². The van der Waals surface area contributed by atoms with Gasteiger partial charge in [0, 0.05) is 17.7 Å². The summed E-state index contributed by atoms with van der Waals surface area (Å²) in [4.78, 5) is 0. The van der Waals surface area contributed by atoms with Crippen LogP contribution in [0.1, 0.15) is 25.3 Å². The second-order valence-electron chi connectivity index (χ2n) is 4.97. The van der Waals surface area contributed by atoms with E-state index in [1.807, 2.05) is 6.07 Å². The van der Waals surface area contributed by atoms with Gasteiger partial charge in [0.1, 0.15) is 11.6 Å². The molecule has 0 amide bonds. The minimum atomic E-state index is 0.623. The zero-order valence-corrected chi connectivity index (χ0v) is 11.4. The van der Waals surface area contributed by atoms with Crippen LogP contribution >= 0.6 is 0 Å². The molecule has 1 aromatic carbocycles. The van der Waals surface area contributed by atoms with Gasteiger partial charge in [-0.05, 0) is 43.0 Å². The lowest BCUT2D eigenvalue weighted by Gasteiger charge is -2.08. The molecule has 1 saturated carbocycles. The number of hydrogen-bond donors (Lipinski definition) is 2. The number of ether oxygens (including phenoxy) is 1. The maximum atomic E-state index is 5.36. The zero-order chi connectivity index (χ0) is 13.2. The number of aromatic nitrogens is 2. The first-order valence-electron chi connectivity index (χ1n) is 6.79. The van der Waals surface area contributed by atoms with Crippen molar-refractivity contribution in [2.45, 2.75) is 32.2 Å². The molecule has 4 heteroatoms. The number of aromatic amines is 1. The Morgan fingerprint density at radius 3 is 2.89 bits per heavy atom. The van der Waals surface area contributed by atoms with Crippen LogP contribution in [0, 0.1) is 0 Å². The van der Waals surface area contributed by atoms with Gasteiger partial charge in [-0.25, -0.2) is 0 Å². The van der Waals surface area contributed by atoms with Gasteiger partial charge in [0.25, 0.3) is 0 Å². The lowest BCUT2D eigenvalue weighted by atomic mass is 10.1. The smallest absolute Gasteiger partial charge is 0.148 e. The van der Waals surface area contributed by atoms with Gasteiger partial charge in [-0.3, -0.25) is 5.10 Å². The van der Waals surface area contributed by atoms with Crippen molar-refractivity contribution in [3.05, 3.63) is 29.8 Å². The van der Waals surface area contributed by atoms with Crippen molar-refractivity contribution in [2.75, 3.05) is 12.4 Å². The average Bonchev–Trinajstić information content (AvgIpc) is 3.13. The van der Waals surface area contributed by atoms with Crippen LogP contribution in [-0.2, 0) is 6.42 Å². The first-order valence-corrected chi connectivity index (χ1v) is 6.79. The van der Waals surface area contributed by atoms with Crippen LogP contribution in [0.2, 0.25) is 0 Å². The molecule has 100 valence electrons. The Morgan fingerprint density at radius 1 is 1.37 bits per heavy atom. The Kier molecular flexibility index (Phi) is 3.15. The van der Waals surface area contributed by atoms with E-state index in [1.54, 1.807) is 7.11 Å². The van der Waals surface area contributed by atoms with Gasteiger partial charge in [-0.2, -0.15) is 5.10 Å². The third-order valence-corrected chi connectivity index (χ3v) is 3.48. The van der Waals surface area contributed by atoms with E-state index >= 15 is 0 Å². The second kappa shape index (κ2) is 4.96. The maximum Gasteiger partial charge on any atom is 0.148 e. The van der Waals surface area contributed by atoms with Crippen LogP contribution in [0.15, 0.2) is 24.3 Å². The van der Waals surface area contributed by atoms with Gasteiger partial charge < -0.3 is 10.1 Å². The summed E-state index contributed by atoms with van der Waals surface area (Å²) in [7, 11) is 1.71. The lowest BCUT2D eigenvalue weighted by molar-refractivity contribution is 0.410. The van der Waals surface area contributed by atoms with Crippen molar-refractivity contribution in [3.8, 4) is 17.0 Å². The lowest BCUT2D eigenvalue weighted by Crippen LogP contribution is -2.00. The normalized spacial score (nSPS) is 14.4. The van der Waals surface area contributed by atoms with E-state index in [9.17, 15) is 0 Å². The highest BCUT2D eigenvalue weighted by molar-refractivity contribution is 5.65. The summed E-state index contributed by atoms with van der Waals surface area (Å²) in [5, 5.41) is 10.8. The molecule has 19 heavy (non-hydrogen) atoms. The quantitative estimate of drug-likeness (QED) is 0.864. The first-order chi connectivity index (χ1) is 9.30. The van der Waals surface area contributed by atoms with Crippen LogP contribution in [0.5, 0.6) is 5.75 Å². The zero-order valence-electron chi connectivity index (χ0n) is 11.4. The summed E-state index contributed by atoms with van der Waals surface area (Å²) in [5.41, 5.74) is 3.40. The Labute approximate surface area is 113 Å². The number of nitrogens with one attached hydrogen (secondary N) is 2. The first kappa shape index (κ1) is 12.1. The molecule has 3 rings (SSSR count). The number of hydrogen-bond acceptors (Lipinski definition) is 3. The molecule has 0 spiro atoms. The molecule has 1 heterocycles. The minimum Gasteiger partial charge on any atom is -0.496 e. The van der Waals surface area contributed by atoms with Crippen molar-refractivity contribution >= 4 is 5.82 Å². The fourth-order valence-corrected chi connectivity index (χ4v) is 2.20. The number of H-pyrrole nitrogens is 1. The summed E-state index contributed by atoms with van der Waals surface area (Å²) in [6, 6.07) is 8.93. The molecule has 1 aliphatic rings. The van der Waals surface area contributed by atoms with Gasteiger partial charge in [0.05, 0.1) is 12.8 Å². The Hall–Kier alpha value is -1.97. The van der Waals surface area contributed by atoms with Gasteiger partial charge in [0.2, 0.25) is 0 Å². The predicted molar refractivity (Wildman–Crippen MR) is 76.6 cm³/mol.